The van der Waals surface area contributed by atoms with Gasteiger partial charge in [0.15, 0.2) is 5.76 Å². The van der Waals surface area contributed by atoms with Crippen LogP contribution in [0.2, 0.25) is 0 Å². The monoisotopic (exact) mass is 199 g/mol. The topological polar surface area (TPSA) is 82.6 Å². The third kappa shape index (κ3) is 2.09. The van der Waals surface area contributed by atoms with Crippen LogP contribution in [0.3, 0.4) is 0 Å². The first-order valence-electron chi connectivity index (χ1n) is 3.84. The fourth-order valence-electron chi connectivity index (χ4n) is 1.06. The Balaban J connectivity index is 2.93. The lowest BCUT2D eigenvalue weighted by Crippen LogP contribution is -2.01. The van der Waals surface area contributed by atoms with E-state index in [9.17, 15) is 14.9 Å². The Bertz CT molecular complexity index is 368. The summed E-state index contributed by atoms with van der Waals surface area (Å²) < 4.78 is 9.47. The van der Waals surface area contributed by atoms with E-state index in [2.05, 4.69) is 4.74 Å². The number of furan rings is 1. The standard InChI is InChI=1S/C8H9NO5/c1-5-7(8(10)13-2)3-6(14-5)4-9(11)12/h3H,4H2,1-2H3. The summed E-state index contributed by atoms with van der Waals surface area (Å²) in [6.45, 7) is 1.12. The van der Waals surface area contributed by atoms with Crippen molar-refractivity contribution < 1.29 is 18.9 Å². The molecule has 6 heteroatoms. The maximum atomic E-state index is 11.1. The molecule has 0 amide bonds. The van der Waals surface area contributed by atoms with Crippen molar-refractivity contribution >= 4 is 5.97 Å². The maximum Gasteiger partial charge on any atom is 0.341 e. The lowest BCUT2D eigenvalue weighted by molar-refractivity contribution is -0.499. The van der Waals surface area contributed by atoms with Gasteiger partial charge in [0.1, 0.15) is 11.3 Å². The summed E-state index contributed by atoms with van der Waals surface area (Å²) in [7, 11) is 1.24. The second kappa shape index (κ2) is 3.91. The van der Waals surface area contributed by atoms with Crippen molar-refractivity contribution in [2.24, 2.45) is 0 Å². The maximum absolute atomic E-state index is 11.1. The SMILES string of the molecule is COC(=O)c1cc(C[N+](=O)[O-])oc1C. The number of nitrogens with zero attached hydrogens (tertiary/aromatic N) is 1. The van der Waals surface area contributed by atoms with Gasteiger partial charge in [0, 0.05) is 11.0 Å². The summed E-state index contributed by atoms with van der Waals surface area (Å²) in [6.07, 6.45) is 0. The number of rotatable bonds is 3. The van der Waals surface area contributed by atoms with E-state index in [0.29, 0.717) is 5.76 Å². The molecule has 0 fully saturated rings. The van der Waals surface area contributed by atoms with Gasteiger partial charge < -0.3 is 9.15 Å². The number of hydrogen-bond acceptors (Lipinski definition) is 5. The number of carbonyl (C=O) groups excluding carboxylic acids is 1. The molecule has 76 valence electrons. The number of nitro groups is 1. The highest BCUT2D eigenvalue weighted by atomic mass is 16.6. The Morgan fingerprint density at radius 2 is 2.36 bits per heavy atom. The highest BCUT2D eigenvalue weighted by molar-refractivity contribution is 5.90. The van der Waals surface area contributed by atoms with Crippen LogP contribution in [0.1, 0.15) is 21.9 Å². The van der Waals surface area contributed by atoms with E-state index in [4.69, 9.17) is 4.42 Å². The van der Waals surface area contributed by atoms with E-state index >= 15 is 0 Å². The highest BCUT2D eigenvalue weighted by Gasteiger charge is 2.17. The van der Waals surface area contributed by atoms with Gasteiger partial charge in [-0.1, -0.05) is 0 Å². The first-order valence-corrected chi connectivity index (χ1v) is 3.84. The van der Waals surface area contributed by atoms with Crippen molar-refractivity contribution in [2.75, 3.05) is 7.11 Å². The Morgan fingerprint density at radius 1 is 1.71 bits per heavy atom. The van der Waals surface area contributed by atoms with Crippen LogP contribution >= 0.6 is 0 Å². The molecule has 0 unspecified atom stereocenters. The summed E-state index contributed by atoms with van der Waals surface area (Å²) in [5.41, 5.74) is 0.226. The van der Waals surface area contributed by atoms with E-state index in [1.165, 1.54) is 13.2 Å². The predicted octanol–water partition coefficient (Wildman–Crippen LogP) is 1.15. The van der Waals surface area contributed by atoms with Gasteiger partial charge >= 0.3 is 5.97 Å². The van der Waals surface area contributed by atoms with Crippen LogP contribution in [0.15, 0.2) is 10.5 Å². The van der Waals surface area contributed by atoms with E-state index in [0.717, 1.165) is 0 Å². The van der Waals surface area contributed by atoms with Gasteiger partial charge in [-0.3, -0.25) is 10.1 Å². The molecule has 1 rings (SSSR count). The zero-order valence-electron chi connectivity index (χ0n) is 7.77. The minimum absolute atomic E-state index is 0.146. The molecule has 0 radical (unpaired) electrons. The molecule has 0 spiro atoms. The molecule has 0 aliphatic heterocycles. The average molecular weight is 199 g/mol. The molecule has 0 N–H and O–H groups in total. The smallest absolute Gasteiger partial charge is 0.341 e. The van der Waals surface area contributed by atoms with E-state index in [1.54, 1.807) is 6.92 Å². The Morgan fingerprint density at radius 3 is 2.86 bits per heavy atom. The first-order chi connectivity index (χ1) is 6.54. The van der Waals surface area contributed by atoms with Gasteiger partial charge in [-0.25, -0.2) is 4.79 Å². The van der Waals surface area contributed by atoms with Crippen LogP contribution in [0, 0.1) is 17.0 Å². The molecule has 0 aliphatic carbocycles. The van der Waals surface area contributed by atoms with Gasteiger partial charge in [-0.15, -0.1) is 0 Å². The number of hydrogen-bond donors (Lipinski definition) is 0. The minimum atomic E-state index is -0.555. The summed E-state index contributed by atoms with van der Waals surface area (Å²) in [5, 5.41) is 10.2. The van der Waals surface area contributed by atoms with Crippen LogP contribution in [-0.2, 0) is 11.3 Å². The summed E-state index contributed by atoms with van der Waals surface area (Å²) >= 11 is 0. The molecule has 0 aromatic carbocycles. The second-order valence-electron chi connectivity index (χ2n) is 2.67. The van der Waals surface area contributed by atoms with Gasteiger partial charge in [0.05, 0.1) is 7.11 Å². The molecule has 1 aromatic heterocycles. The molecule has 0 saturated heterocycles. The fraction of sp³-hybridized carbons (Fsp3) is 0.375. The lowest BCUT2D eigenvalue weighted by atomic mass is 10.2. The third-order valence-corrected chi connectivity index (χ3v) is 1.66. The number of ether oxygens (including phenoxy) is 1. The molecule has 6 nitrogen and oxygen atoms in total. The predicted molar refractivity (Wildman–Crippen MR) is 45.5 cm³/mol. The molecular formula is C8H9NO5. The minimum Gasteiger partial charge on any atom is -0.465 e. The number of methoxy groups -OCH3 is 1. The molecule has 0 saturated carbocycles. The summed E-state index contributed by atoms with van der Waals surface area (Å²) in [5.74, 6) is -0.0811. The molecule has 0 bridgehead atoms. The van der Waals surface area contributed by atoms with Crippen molar-refractivity contribution in [3.63, 3.8) is 0 Å². The van der Waals surface area contributed by atoms with Crippen molar-refractivity contribution in [3.8, 4) is 0 Å². The van der Waals surface area contributed by atoms with Crippen molar-refractivity contribution in [1.29, 1.82) is 0 Å². The van der Waals surface area contributed by atoms with Gasteiger partial charge in [0.25, 0.3) is 6.54 Å². The molecule has 1 heterocycles. The van der Waals surface area contributed by atoms with Crippen LogP contribution < -0.4 is 0 Å². The summed E-state index contributed by atoms with van der Waals surface area (Å²) in [4.78, 5) is 20.7. The van der Waals surface area contributed by atoms with Crippen molar-refractivity contribution in [3.05, 3.63) is 33.3 Å². The average Bonchev–Trinajstić information content (AvgIpc) is 2.44. The Labute approximate surface area is 79.6 Å². The summed E-state index contributed by atoms with van der Waals surface area (Å²) in [6, 6.07) is 1.32. The normalized spacial score (nSPS) is 9.86. The largest absolute Gasteiger partial charge is 0.465 e. The van der Waals surface area contributed by atoms with E-state index in [-0.39, 0.29) is 11.3 Å². The first kappa shape index (κ1) is 10.2. The molecule has 14 heavy (non-hydrogen) atoms. The molecule has 1 aromatic rings. The van der Waals surface area contributed by atoms with Crippen LogP contribution in [-0.4, -0.2) is 18.0 Å². The van der Waals surface area contributed by atoms with Crippen LogP contribution in [0.5, 0.6) is 0 Å². The van der Waals surface area contributed by atoms with Crippen LogP contribution in [0.25, 0.3) is 0 Å². The van der Waals surface area contributed by atoms with Gasteiger partial charge in [-0.2, -0.15) is 0 Å². The quantitative estimate of drug-likeness (QED) is 0.414. The van der Waals surface area contributed by atoms with Gasteiger partial charge in [0.2, 0.25) is 0 Å². The molecule has 0 aliphatic rings. The van der Waals surface area contributed by atoms with E-state index in [1.807, 2.05) is 0 Å². The van der Waals surface area contributed by atoms with Crippen molar-refractivity contribution in [1.82, 2.24) is 0 Å². The lowest BCUT2D eigenvalue weighted by Gasteiger charge is -1.93. The number of aryl methyl sites for hydroxylation is 1. The fourth-order valence-corrected chi connectivity index (χ4v) is 1.06. The molecule has 0 atom stereocenters. The Hall–Kier alpha value is -1.85. The molecular weight excluding hydrogens is 190 g/mol. The van der Waals surface area contributed by atoms with Crippen molar-refractivity contribution in [2.45, 2.75) is 13.5 Å². The zero-order chi connectivity index (χ0) is 10.7. The van der Waals surface area contributed by atoms with E-state index < -0.39 is 17.4 Å². The van der Waals surface area contributed by atoms with Crippen LogP contribution in [0.4, 0.5) is 0 Å². The zero-order valence-corrected chi connectivity index (χ0v) is 7.77. The number of esters is 1. The number of carbonyl (C=O) groups is 1. The Kier molecular flexibility index (Phi) is 2.85. The van der Waals surface area contributed by atoms with Gasteiger partial charge in [-0.05, 0) is 6.92 Å². The highest BCUT2D eigenvalue weighted by Crippen LogP contribution is 2.15. The third-order valence-electron chi connectivity index (χ3n) is 1.66. The second-order valence-corrected chi connectivity index (χ2v) is 2.67.